The Labute approximate surface area is 94.0 Å². The first-order chi connectivity index (χ1) is 6.83. The maximum atomic E-state index is 11.9. The van der Waals surface area contributed by atoms with Crippen molar-refractivity contribution in [1.29, 1.82) is 0 Å². The molecule has 0 aliphatic carbocycles. The van der Waals surface area contributed by atoms with E-state index in [1.54, 1.807) is 5.51 Å². The normalized spacial score (nSPS) is 10.4. The second-order valence-electron chi connectivity index (χ2n) is 2.50. The Kier molecular flexibility index (Phi) is 3.00. The standard InChI is InChI=1S/C9H7NOS3/c1-12-9-8(14-5-10-9)7(11)6-3-2-4-13-6/h2-5H,1H3. The van der Waals surface area contributed by atoms with Gasteiger partial charge in [-0.25, -0.2) is 4.98 Å². The van der Waals surface area contributed by atoms with Crippen LogP contribution in [0.1, 0.15) is 14.5 Å². The summed E-state index contributed by atoms with van der Waals surface area (Å²) in [5.41, 5.74) is 1.71. The molecule has 0 fully saturated rings. The molecule has 2 heterocycles. The molecular formula is C9H7NOS3. The minimum Gasteiger partial charge on any atom is -0.287 e. The fraction of sp³-hybridized carbons (Fsp3) is 0.111. The predicted molar refractivity (Wildman–Crippen MR) is 61.6 cm³/mol. The lowest BCUT2D eigenvalue weighted by atomic mass is 10.3. The largest absolute Gasteiger partial charge is 0.287 e. The monoisotopic (exact) mass is 241 g/mol. The average molecular weight is 241 g/mol. The molecule has 2 rings (SSSR count). The number of thiazole rings is 1. The van der Waals surface area contributed by atoms with Crippen molar-refractivity contribution in [3.8, 4) is 0 Å². The fourth-order valence-electron chi connectivity index (χ4n) is 1.05. The molecule has 0 radical (unpaired) electrons. The zero-order valence-electron chi connectivity index (χ0n) is 7.39. The van der Waals surface area contributed by atoms with E-state index < -0.39 is 0 Å². The first-order valence-corrected chi connectivity index (χ1v) is 6.87. The third kappa shape index (κ3) is 1.75. The van der Waals surface area contributed by atoms with Crippen LogP contribution in [0.3, 0.4) is 0 Å². The highest BCUT2D eigenvalue weighted by Gasteiger charge is 2.16. The van der Waals surface area contributed by atoms with E-state index in [9.17, 15) is 4.79 Å². The lowest BCUT2D eigenvalue weighted by Gasteiger charge is -1.95. The molecule has 0 bridgehead atoms. The SMILES string of the molecule is CSc1ncsc1C(=O)c1cccs1. The molecule has 0 saturated heterocycles. The van der Waals surface area contributed by atoms with Crippen molar-refractivity contribution in [1.82, 2.24) is 4.98 Å². The lowest BCUT2D eigenvalue weighted by Crippen LogP contribution is -1.96. The highest BCUT2D eigenvalue weighted by Crippen LogP contribution is 2.26. The van der Waals surface area contributed by atoms with Crippen molar-refractivity contribution >= 4 is 40.2 Å². The summed E-state index contributed by atoms with van der Waals surface area (Å²) in [5.74, 6) is 0.0897. The van der Waals surface area contributed by atoms with Crippen molar-refractivity contribution in [3.63, 3.8) is 0 Å². The number of hydrogen-bond donors (Lipinski definition) is 0. The quantitative estimate of drug-likeness (QED) is 0.611. The van der Waals surface area contributed by atoms with Crippen LogP contribution in [0.5, 0.6) is 0 Å². The maximum absolute atomic E-state index is 11.9. The third-order valence-corrected chi connectivity index (χ3v) is 4.20. The zero-order chi connectivity index (χ0) is 9.97. The summed E-state index contributed by atoms with van der Waals surface area (Å²) >= 11 is 4.38. The van der Waals surface area contributed by atoms with E-state index in [1.807, 2.05) is 23.8 Å². The molecule has 0 unspecified atom stereocenters. The van der Waals surface area contributed by atoms with Crippen LogP contribution < -0.4 is 0 Å². The van der Waals surface area contributed by atoms with E-state index in [4.69, 9.17) is 0 Å². The molecular weight excluding hydrogens is 234 g/mol. The summed E-state index contributed by atoms with van der Waals surface area (Å²) in [6, 6.07) is 3.73. The van der Waals surface area contributed by atoms with Crippen LogP contribution in [0.4, 0.5) is 0 Å². The summed E-state index contributed by atoms with van der Waals surface area (Å²) in [6.07, 6.45) is 1.93. The van der Waals surface area contributed by atoms with E-state index >= 15 is 0 Å². The molecule has 2 nitrogen and oxygen atoms in total. The number of thiophene rings is 1. The Bertz CT molecular complexity index is 433. The summed E-state index contributed by atoms with van der Waals surface area (Å²) in [4.78, 5) is 17.6. The smallest absolute Gasteiger partial charge is 0.215 e. The summed E-state index contributed by atoms with van der Waals surface area (Å²) in [7, 11) is 0. The van der Waals surface area contributed by atoms with E-state index in [-0.39, 0.29) is 5.78 Å². The molecule has 0 atom stereocenters. The lowest BCUT2D eigenvalue weighted by molar-refractivity contribution is 0.104. The van der Waals surface area contributed by atoms with Gasteiger partial charge in [-0.05, 0) is 17.7 Å². The van der Waals surface area contributed by atoms with Crippen LogP contribution in [0.15, 0.2) is 28.0 Å². The number of ketones is 1. The van der Waals surface area contributed by atoms with Gasteiger partial charge in [-0.2, -0.15) is 0 Å². The summed E-state index contributed by atoms with van der Waals surface area (Å²) in [5, 5.41) is 2.74. The van der Waals surface area contributed by atoms with Gasteiger partial charge in [0.05, 0.1) is 10.4 Å². The van der Waals surface area contributed by atoms with E-state index in [0.29, 0.717) is 0 Å². The molecule has 14 heavy (non-hydrogen) atoms. The summed E-state index contributed by atoms with van der Waals surface area (Å²) in [6.45, 7) is 0. The molecule has 2 aromatic heterocycles. The first-order valence-electron chi connectivity index (χ1n) is 3.88. The molecule has 0 saturated carbocycles. The van der Waals surface area contributed by atoms with E-state index in [0.717, 1.165) is 14.8 Å². The van der Waals surface area contributed by atoms with Crippen LogP contribution >= 0.6 is 34.4 Å². The molecule has 0 amide bonds. The number of hydrogen-bond acceptors (Lipinski definition) is 5. The van der Waals surface area contributed by atoms with Gasteiger partial charge in [0.25, 0.3) is 0 Å². The molecule has 2 aromatic rings. The van der Waals surface area contributed by atoms with E-state index in [1.165, 1.54) is 34.4 Å². The van der Waals surface area contributed by atoms with Gasteiger partial charge in [0.1, 0.15) is 9.90 Å². The van der Waals surface area contributed by atoms with Crippen LogP contribution in [-0.2, 0) is 0 Å². The van der Waals surface area contributed by atoms with Gasteiger partial charge in [-0.15, -0.1) is 34.4 Å². The molecule has 0 aromatic carbocycles. The van der Waals surface area contributed by atoms with E-state index in [2.05, 4.69) is 4.98 Å². The van der Waals surface area contributed by atoms with Crippen LogP contribution in [-0.4, -0.2) is 17.0 Å². The van der Waals surface area contributed by atoms with Crippen molar-refractivity contribution in [3.05, 3.63) is 32.8 Å². The molecule has 0 aliphatic heterocycles. The Morgan fingerprint density at radius 3 is 3.00 bits per heavy atom. The van der Waals surface area contributed by atoms with Crippen molar-refractivity contribution in [2.75, 3.05) is 6.26 Å². The topological polar surface area (TPSA) is 30.0 Å². The number of aromatic nitrogens is 1. The second kappa shape index (κ2) is 4.25. The van der Waals surface area contributed by atoms with Crippen molar-refractivity contribution < 1.29 is 4.79 Å². The number of carbonyl (C=O) groups excluding carboxylic acids is 1. The number of nitrogens with zero attached hydrogens (tertiary/aromatic N) is 1. The van der Waals surface area contributed by atoms with Crippen LogP contribution in [0.25, 0.3) is 0 Å². The molecule has 5 heteroatoms. The Hall–Kier alpha value is -0.650. The average Bonchev–Trinajstić information content (AvgIpc) is 2.87. The van der Waals surface area contributed by atoms with Gasteiger partial charge in [0.15, 0.2) is 0 Å². The highest BCUT2D eigenvalue weighted by molar-refractivity contribution is 7.98. The molecule has 0 spiro atoms. The Morgan fingerprint density at radius 2 is 2.36 bits per heavy atom. The molecule has 72 valence electrons. The maximum Gasteiger partial charge on any atom is 0.215 e. The molecule has 0 N–H and O–H groups in total. The minimum absolute atomic E-state index is 0.0897. The van der Waals surface area contributed by atoms with Gasteiger partial charge in [0, 0.05) is 0 Å². The number of rotatable bonds is 3. The van der Waals surface area contributed by atoms with Gasteiger partial charge in [-0.3, -0.25) is 4.79 Å². The van der Waals surface area contributed by atoms with Gasteiger partial charge in [-0.1, -0.05) is 6.07 Å². The molecule has 0 aliphatic rings. The minimum atomic E-state index is 0.0897. The number of carbonyl (C=O) groups is 1. The van der Waals surface area contributed by atoms with Crippen LogP contribution in [0.2, 0.25) is 0 Å². The second-order valence-corrected chi connectivity index (χ2v) is 5.09. The van der Waals surface area contributed by atoms with Crippen LogP contribution in [0, 0.1) is 0 Å². The van der Waals surface area contributed by atoms with Gasteiger partial charge >= 0.3 is 0 Å². The predicted octanol–water partition coefficient (Wildman–Crippen LogP) is 3.16. The number of thioether (sulfide) groups is 1. The van der Waals surface area contributed by atoms with Gasteiger partial charge in [0.2, 0.25) is 5.78 Å². The van der Waals surface area contributed by atoms with Gasteiger partial charge < -0.3 is 0 Å². The Balaban J connectivity index is 2.36. The van der Waals surface area contributed by atoms with Crippen molar-refractivity contribution in [2.24, 2.45) is 0 Å². The zero-order valence-corrected chi connectivity index (χ0v) is 9.84. The highest BCUT2D eigenvalue weighted by atomic mass is 32.2. The first kappa shape index (κ1) is 9.89. The Morgan fingerprint density at radius 1 is 1.50 bits per heavy atom. The van der Waals surface area contributed by atoms with Crippen molar-refractivity contribution in [2.45, 2.75) is 5.03 Å². The summed E-state index contributed by atoms with van der Waals surface area (Å²) < 4.78 is 0. The third-order valence-electron chi connectivity index (χ3n) is 1.68. The fourth-order valence-corrected chi connectivity index (χ4v) is 3.32.